The fraction of sp³-hybridized carbons (Fsp3) is 0.143. The first-order valence-corrected chi connectivity index (χ1v) is 6.57. The Labute approximate surface area is 113 Å². The van der Waals surface area contributed by atoms with Gasteiger partial charge in [-0.25, -0.2) is 9.37 Å². The molecule has 0 saturated carbocycles. The van der Waals surface area contributed by atoms with Crippen molar-refractivity contribution in [2.24, 2.45) is 0 Å². The van der Waals surface area contributed by atoms with Crippen LogP contribution in [0.15, 0.2) is 30.3 Å². The molecule has 0 aliphatic carbocycles. The predicted octanol–water partition coefficient (Wildman–Crippen LogP) is 3.81. The van der Waals surface area contributed by atoms with Gasteiger partial charge in [-0.05, 0) is 30.7 Å². The van der Waals surface area contributed by atoms with Gasteiger partial charge >= 0.3 is 0 Å². The summed E-state index contributed by atoms with van der Waals surface area (Å²) in [5.41, 5.74) is 3.13. The van der Waals surface area contributed by atoms with Crippen LogP contribution >= 0.6 is 11.3 Å². The van der Waals surface area contributed by atoms with Crippen molar-refractivity contribution < 1.29 is 9.13 Å². The van der Waals surface area contributed by atoms with Crippen LogP contribution in [0.25, 0.3) is 21.6 Å². The zero-order valence-corrected chi connectivity index (χ0v) is 11.3. The Bertz CT molecular complexity index is 754. The number of methoxy groups -OCH3 is 1. The maximum atomic E-state index is 13.3. The van der Waals surface area contributed by atoms with Crippen molar-refractivity contribution in [2.45, 2.75) is 6.92 Å². The minimum atomic E-state index is -0.269. The van der Waals surface area contributed by atoms with Crippen molar-refractivity contribution in [3.63, 3.8) is 0 Å². The summed E-state index contributed by atoms with van der Waals surface area (Å²) in [6.07, 6.45) is 0. The van der Waals surface area contributed by atoms with Crippen molar-refractivity contribution in [3.05, 3.63) is 41.7 Å². The van der Waals surface area contributed by atoms with E-state index in [1.165, 1.54) is 23.5 Å². The van der Waals surface area contributed by atoms with E-state index in [4.69, 9.17) is 4.74 Å². The van der Waals surface area contributed by atoms with E-state index in [0.717, 1.165) is 21.5 Å². The van der Waals surface area contributed by atoms with E-state index in [0.29, 0.717) is 10.8 Å². The smallest absolute Gasteiger partial charge is 0.275 e. The summed E-state index contributed by atoms with van der Waals surface area (Å²) in [4.78, 5) is 8.78. The maximum Gasteiger partial charge on any atom is 0.275 e. The zero-order chi connectivity index (χ0) is 13.4. The Morgan fingerprint density at radius 2 is 2.05 bits per heavy atom. The summed E-state index contributed by atoms with van der Waals surface area (Å²) < 4.78 is 19.4. The van der Waals surface area contributed by atoms with E-state index in [1.54, 1.807) is 13.2 Å². The summed E-state index contributed by atoms with van der Waals surface area (Å²) in [5, 5.41) is 0.582. The van der Waals surface area contributed by atoms with Crippen molar-refractivity contribution in [2.75, 3.05) is 7.11 Å². The average Bonchev–Trinajstić information content (AvgIpc) is 2.79. The summed E-state index contributed by atoms with van der Waals surface area (Å²) in [5.74, 6) is -0.269. The Balaban J connectivity index is 2.20. The Morgan fingerprint density at radius 1 is 1.21 bits per heavy atom. The molecule has 0 spiro atoms. The second-order valence-corrected chi connectivity index (χ2v) is 5.16. The lowest BCUT2D eigenvalue weighted by atomic mass is 10.1. The molecule has 3 rings (SSSR count). The third kappa shape index (κ3) is 2.17. The largest absolute Gasteiger partial charge is 0.473 e. The molecule has 0 amide bonds. The topological polar surface area (TPSA) is 35.0 Å². The quantitative estimate of drug-likeness (QED) is 0.712. The minimum Gasteiger partial charge on any atom is -0.473 e. The highest BCUT2D eigenvalue weighted by atomic mass is 32.1. The van der Waals surface area contributed by atoms with Crippen molar-refractivity contribution in [3.8, 4) is 16.5 Å². The molecule has 5 heteroatoms. The molecule has 0 bridgehead atoms. The van der Waals surface area contributed by atoms with E-state index >= 15 is 0 Å². The fourth-order valence-electron chi connectivity index (χ4n) is 1.95. The van der Waals surface area contributed by atoms with Crippen LogP contribution in [-0.4, -0.2) is 17.1 Å². The molecule has 2 heterocycles. The second kappa shape index (κ2) is 4.59. The number of thiazole rings is 1. The van der Waals surface area contributed by atoms with Gasteiger partial charge in [0.05, 0.1) is 17.5 Å². The Hall–Kier alpha value is -2.01. The first-order chi connectivity index (χ1) is 9.17. The van der Waals surface area contributed by atoms with E-state index in [-0.39, 0.29) is 5.82 Å². The lowest BCUT2D eigenvalue weighted by Crippen LogP contribution is -1.90. The van der Waals surface area contributed by atoms with Crippen LogP contribution < -0.4 is 4.74 Å². The molecule has 0 atom stereocenters. The van der Waals surface area contributed by atoms with Gasteiger partial charge in [-0.1, -0.05) is 23.5 Å². The Kier molecular flexibility index (Phi) is 2.91. The van der Waals surface area contributed by atoms with Gasteiger partial charge in [0.2, 0.25) is 0 Å². The lowest BCUT2D eigenvalue weighted by molar-refractivity contribution is 0.413. The number of rotatable bonds is 2. The number of aryl methyl sites for hydroxylation is 1. The molecule has 0 aliphatic rings. The number of pyridine rings is 1. The van der Waals surface area contributed by atoms with Crippen LogP contribution in [0.4, 0.5) is 4.39 Å². The van der Waals surface area contributed by atoms with Gasteiger partial charge in [0.25, 0.3) is 5.19 Å². The van der Waals surface area contributed by atoms with E-state index in [1.807, 2.05) is 19.1 Å². The zero-order valence-electron chi connectivity index (χ0n) is 10.5. The standard InChI is InChI=1S/C14H11FN2OS/c1-8-6-11-13(17-14(18-2)19-11)16-12(8)9-4-3-5-10(15)7-9/h3-7H,1-2H3. The highest BCUT2D eigenvalue weighted by Gasteiger charge is 2.11. The van der Waals surface area contributed by atoms with Gasteiger partial charge in [-0.2, -0.15) is 4.98 Å². The van der Waals surface area contributed by atoms with Crippen LogP contribution in [0.5, 0.6) is 5.19 Å². The van der Waals surface area contributed by atoms with Gasteiger partial charge in [0, 0.05) is 5.56 Å². The molecular formula is C14H11FN2OS. The number of nitrogens with zero attached hydrogens (tertiary/aromatic N) is 2. The van der Waals surface area contributed by atoms with Crippen LogP contribution in [0, 0.1) is 12.7 Å². The number of halogens is 1. The van der Waals surface area contributed by atoms with Gasteiger partial charge in [0.1, 0.15) is 5.82 Å². The van der Waals surface area contributed by atoms with Crippen molar-refractivity contribution >= 4 is 21.7 Å². The number of fused-ring (bicyclic) bond motifs is 1. The molecule has 2 aromatic heterocycles. The number of hydrogen-bond acceptors (Lipinski definition) is 4. The molecular weight excluding hydrogens is 263 g/mol. The number of aromatic nitrogens is 2. The number of benzene rings is 1. The third-order valence-electron chi connectivity index (χ3n) is 2.83. The molecule has 1 aromatic carbocycles. The second-order valence-electron chi connectivity index (χ2n) is 4.17. The first kappa shape index (κ1) is 12.0. The highest BCUT2D eigenvalue weighted by Crippen LogP contribution is 2.31. The third-order valence-corrected chi connectivity index (χ3v) is 3.78. The monoisotopic (exact) mass is 274 g/mol. The number of hydrogen-bond donors (Lipinski definition) is 0. The summed E-state index contributed by atoms with van der Waals surface area (Å²) in [6.45, 7) is 1.96. The maximum absolute atomic E-state index is 13.3. The van der Waals surface area contributed by atoms with Crippen LogP contribution in [0.3, 0.4) is 0 Å². The number of ether oxygens (including phenoxy) is 1. The highest BCUT2D eigenvalue weighted by molar-refractivity contribution is 7.20. The van der Waals surface area contributed by atoms with E-state index in [2.05, 4.69) is 9.97 Å². The molecule has 19 heavy (non-hydrogen) atoms. The summed E-state index contributed by atoms with van der Waals surface area (Å²) >= 11 is 1.45. The van der Waals surface area contributed by atoms with E-state index in [9.17, 15) is 4.39 Å². The van der Waals surface area contributed by atoms with E-state index < -0.39 is 0 Å². The molecule has 0 N–H and O–H groups in total. The molecule has 96 valence electrons. The van der Waals surface area contributed by atoms with Crippen LogP contribution in [0.1, 0.15) is 5.56 Å². The van der Waals surface area contributed by atoms with Gasteiger partial charge in [-0.15, -0.1) is 0 Å². The van der Waals surface area contributed by atoms with Gasteiger partial charge < -0.3 is 4.74 Å². The molecule has 0 fully saturated rings. The molecule has 0 saturated heterocycles. The molecule has 0 radical (unpaired) electrons. The minimum absolute atomic E-state index is 0.269. The average molecular weight is 274 g/mol. The molecule has 3 aromatic rings. The van der Waals surface area contributed by atoms with Crippen LogP contribution in [0.2, 0.25) is 0 Å². The van der Waals surface area contributed by atoms with Gasteiger partial charge in [0.15, 0.2) is 5.65 Å². The molecule has 3 nitrogen and oxygen atoms in total. The SMILES string of the molecule is COc1nc2nc(-c3cccc(F)c3)c(C)cc2s1. The summed E-state index contributed by atoms with van der Waals surface area (Å²) in [7, 11) is 1.58. The Morgan fingerprint density at radius 3 is 2.79 bits per heavy atom. The molecule has 0 unspecified atom stereocenters. The van der Waals surface area contributed by atoms with Crippen molar-refractivity contribution in [1.82, 2.24) is 9.97 Å². The summed E-state index contributed by atoms with van der Waals surface area (Å²) in [6, 6.07) is 8.42. The lowest BCUT2D eigenvalue weighted by Gasteiger charge is -2.04. The fourth-order valence-corrected chi connectivity index (χ4v) is 2.77. The van der Waals surface area contributed by atoms with Gasteiger partial charge in [-0.3, -0.25) is 0 Å². The van der Waals surface area contributed by atoms with Crippen LogP contribution in [-0.2, 0) is 0 Å². The first-order valence-electron chi connectivity index (χ1n) is 5.75. The van der Waals surface area contributed by atoms with Crippen molar-refractivity contribution in [1.29, 1.82) is 0 Å². The normalized spacial score (nSPS) is 10.9. The predicted molar refractivity (Wildman–Crippen MR) is 74.1 cm³/mol. The molecule has 0 aliphatic heterocycles.